The van der Waals surface area contributed by atoms with Crippen molar-refractivity contribution in [2.24, 2.45) is 28.6 Å². The fourth-order valence-corrected chi connectivity index (χ4v) is 7.24. The largest absolute Gasteiger partial charge is 0.465 e. The van der Waals surface area contributed by atoms with E-state index in [4.69, 9.17) is 18.9 Å². The summed E-state index contributed by atoms with van der Waals surface area (Å²) in [5, 5.41) is 0. The Kier molecular flexibility index (Phi) is 6.21. The predicted molar refractivity (Wildman–Crippen MR) is 121 cm³/mol. The van der Waals surface area contributed by atoms with Gasteiger partial charge in [-0.3, -0.25) is 28.8 Å². The number of hydrogen-bond acceptors (Lipinski definition) is 10. The number of carbonyl (C=O) groups is 6. The molecule has 10 heteroatoms. The summed E-state index contributed by atoms with van der Waals surface area (Å²) >= 11 is 0. The van der Waals surface area contributed by atoms with Crippen LogP contribution in [0.25, 0.3) is 0 Å². The van der Waals surface area contributed by atoms with Gasteiger partial charge in [-0.05, 0) is 30.9 Å². The zero-order chi connectivity index (χ0) is 26.7. The minimum Gasteiger partial charge on any atom is -0.465 e. The molecule has 1 heterocycles. The summed E-state index contributed by atoms with van der Waals surface area (Å²) in [7, 11) is 0. The molecule has 0 N–H and O–H groups in total. The molecule has 194 valence electrons. The lowest BCUT2D eigenvalue weighted by molar-refractivity contribution is -0.248. The highest BCUT2D eigenvalue weighted by Crippen LogP contribution is 2.68. The Bertz CT molecular complexity index is 1120. The average molecular weight is 503 g/mol. The molecule has 0 aromatic rings. The maximum atomic E-state index is 14.3. The van der Waals surface area contributed by atoms with Crippen molar-refractivity contribution in [1.29, 1.82) is 0 Å². The number of rotatable bonds is 4. The summed E-state index contributed by atoms with van der Waals surface area (Å²) < 4.78 is 22.2. The molecule has 4 aliphatic rings. The third-order valence-electron chi connectivity index (χ3n) is 8.42. The topological polar surface area (TPSA) is 139 Å². The van der Waals surface area contributed by atoms with Gasteiger partial charge >= 0.3 is 23.9 Å². The van der Waals surface area contributed by atoms with Crippen LogP contribution < -0.4 is 0 Å². The normalized spacial score (nSPS) is 39.2. The van der Waals surface area contributed by atoms with Crippen LogP contribution in [0.15, 0.2) is 23.8 Å². The van der Waals surface area contributed by atoms with Crippen molar-refractivity contribution in [1.82, 2.24) is 0 Å². The molecule has 1 aliphatic heterocycles. The van der Waals surface area contributed by atoms with Gasteiger partial charge in [0, 0.05) is 38.0 Å². The van der Waals surface area contributed by atoms with Gasteiger partial charge < -0.3 is 18.9 Å². The summed E-state index contributed by atoms with van der Waals surface area (Å²) in [4.78, 5) is 76.3. The van der Waals surface area contributed by atoms with Gasteiger partial charge in [-0.25, -0.2) is 0 Å². The minimum absolute atomic E-state index is 0.181. The van der Waals surface area contributed by atoms with Crippen molar-refractivity contribution in [2.45, 2.75) is 65.8 Å². The Labute approximate surface area is 208 Å². The minimum atomic E-state index is -1.38. The summed E-state index contributed by atoms with van der Waals surface area (Å²) in [5.41, 5.74) is -1.75. The monoisotopic (exact) mass is 502 g/mol. The molecule has 2 saturated carbocycles. The Morgan fingerprint density at radius 1 is 1.06 bits per heavy atom. The second-order valence-electron chi connectivity index (χ2n) is 10.5. The average Bonchev–Trinajstić information content (AvgIpc) is 2.76. The Morgan fingerprint density at radius 2 is 1.69 bits per heavy atom. The SMILES string of the molecule is C=C1[C@H](OC(C)=O)C(=O)[C@@H]2[C@@]3(C)[C@H](OC(C)=O)C(=O)C=C(C)[C@@H]3C[C@H]3OC(=O)C[C@@H]1[C@@]23COC(C)=O. The van der Waals surface area contributed by atoms with Crippen LogP contribution in [0.5, 0.6) is 0 Å². The van der Waals surface area contributed by atoms with Crippen LogP contribution >= 0.6 is 0 Å². The first-order chi connectivity index (χ1) is 16.7. The number of esters is 4. The predicted octanol–water partition coefficient (Wildman–Crippen LogP) is 1.64. The van der Waals surface area contributed by atoms with Crippen molar-refractivity contribution >= 4 is 35.4 Å². The number of allylic oxidation sites excluding steroid dienone is 1. The van der Waals surface area contributed by atoms with E-state index in [0.717, 1.165) is 6.92 Å². The van der Waals surface area contributed by atoms with E-state index in [9.17, 15) is 28.8 Å². The van der Waals surface area contributed by atoms with Crippen molar-refractivity contribution < 1.29 is 47.7 Å². The van der Waals surface area contributed by atoms with E-state index < -0.39 is 82.3 Å². The van der Waals surface area contributed by atoms with Crippen LogP contribution in [0.3, 0.4) is 0 Å². The number of hydrogen-bond donors (Lipinski definition) is 0. The van der Waals surface area contributed by atoms with E-state index in [1.165, 1.54) is 19.9 Å². The molecule has 8 atom stereocenters. The summed E-state index contributed by atoms with van der Waals surface area (Å²) in [5.74, 6) is -5.98. The fourth-order valence-electron chi connectivity index (χ4n) is 7.24. The van der Waals surface area contributed by atoms with Gasteiger partial charge in [0.15, 0.2) is 23.8 Å². The van der Waals surface area contributed by atoms with Gasteiger partial charge in [-0.1, -0.05) is 19.1 Å². The molecule has 4 rings (SSSR count). The van der Waals surface area contributed by atoms with Crippen molar-refractivity contribution in [3.63, 3.8) is 0 Å². The molecule has 0 spiro atoms. The fraction of sp³-hybridized carbons (Fsp3) is 0.615. The Balaban J connectivity index is 2.01. The quantitative estimate of drug-likeness (QED) is 0.317. The maximum absolute atomic E-state index is 14.3. The smallest absolute Gasteiger partial charge is 0.306 e. The Hall–Kier alpha value is -3.30. The molecule has 10 nitrogen and oxygen atoms in total. The second kappa shape index (κ2) is 8.67. The molecule has 3 aliphatic carbocycles. The molecule has 0 aromatic heterocycles. The van der Waals surface area contributed by atoms with Gasteiger partial charge in [0.1, 0.15) is 12.7 Å². The molecule has 0 amide bonds. The molecule has 0 aromatic carbocycles. The van der Waals surface area contributed by atoms with Gasteiger partial charge in [0.25, 0.3) is 0 Å². The number of ether oxygens (including phenoxy) is 4. The van der Waals surface area contributed by atoms with Crippen LogP contribution in [0, 0.1) is 28.6 Å². The highest BCUT2D eigenvalue weighted by molar-refractivity contribution is 6.00. The highest BCUT2D eigenvalue weighted by Gasteiger charge is 2.75. The first kappa shape index (κ1) is 25.8. The molecular weight excluding hydrogens is 472 g/mol. The lowest BCUT2D eigenvalue weighted by Crippen LogP contribution is -2.74. The summed E-state index contributed by atoms with van der Waals surface area (Å²) in [6.07, 6.45) is -2.15. The van der Waals surface area contributed by atoms with Crippen LogP contribution in [-0.4, -0.2) is 60.4 Å². The van der Waals surface area contributed by atoms with Gasteiger partial charge in [0.2, 0.25) is 0 Å². The summed E-state index contributed by atoms with van der Waals surface area (Å²) in [6, 6.07) is 0. The number of ketones is 2. The summed E-state index contributed by atoms with van der Waals surface area (Å²) in [6.45, 7) is 10.7. The number of carbonyl (C=O) groups excluding carboxylic acids is 6. The molecule has 1 saturated heterocycles. The van der Waals surface area contributed by atoms with Crippen LogP contribution in [0.4, 0.5) is 0 Å². The van der Waals surface area contributed by atoms with Crippen LogP contribution in [0.2, 0.25) is 0 Å². The molecule has 0 radical (unpaired) electrons. The van der Waals surface area contributed by atoms with Crippen LogP contribution in [0.1, 0.15) is 47.5 Å². The first-order valence-corrected chi connectivity index (χ1v) is 11.9. The van der Waals surface area contributed by atoms with E-state index in [2.05, 4.69) is 6.58 Å². The zero-order valence-corrected chi connectivity index (χ0v) is 21.0. The third-order valence-corrected chi connectivity index (χ3v) is 8.42. The van der Waals surface area contributed by atoms with Crippen LogP contribution in [-0.2, 0) is 47.7 Å². The Morgan fingerprint density at radius 3 is 2.28 bits per heavy atom. The third kappa shape index (κ3) is 3.60. The molecule has 0 bridgehead atoms. The van der Waals surface area contributed by atoms with E-state index in [0.29, 0.717) is 5.57 Å². The lowest BCUT2D eigenvalue weighted by atomic mass is 9.39. The molecule has 3 fully saturated rings. The van der Waals surface area contributed by atoms with Gasteiger partial charge in [-0.2, -0.15) is 0 Å². The van der Waals surface area contributed by atoms with Crippen molar-refractivity contribution in [2.75, 3.05) is 6.61 Å². The van der Waals surface area contributed by atoms with E-state index in [-0.39, 0.29) is 25.0 Å². The van der Waals surface area contributed by atoms with E-state index in [1.807, 2.05) is 0 Å². The highest BCUT2D eigenvalue weighted by atomic mass is 16.6. The zero-order valence-electron chi connectivity index (χ0n) is 21.0. The molecule has 0 unspecified atom stereocenters. The van der Waals surface area contributed by atoms with Crippen molar-refractivity contribution in [3.8, 4) is 0 Å². The van der Waals surface area contributed by atoms with Gasteiger partial charge in [-0.15, -0.1) is 0 Å². The van der Waals surface area contributed by atoms with E-state index >= 15 is 0 Å². The maximum Gasteiger partial charge on any atom is 0.306 e. The molecule has 36 heavy (non-hydrogen) atoms. The van der Waals surface area contributed by atoms with Gasteiger partial charge in [0.05, 0.1) is 11.8 Å². The first-order valence-electron chi connectivity index (χ1n) is 11.9. The molecular formula is C26H30O10. The number of Topliss-reactive ketones (excluding diaryl/α,β-unsaturated/α-hetero) is 1. The number of fused-ring (bicyclic) bond motifs is 2. The lowest BCUT2D eigenvalue weighted by Gasteiger charge is -2.66. The van der Waals surface area contributed by atoms with Crippen molar-refractivity contribution in [3.05, 3.63) is 23.8 Å². The standard InChI is InChI=1S/C26H30O10/c1-11-7-18(30)24(35-15(5)29)25(6)16(11)8-19-26(10-33-13(3)27)17(9-20(31)36-19)12(2)22(34-14(4)28)21(32)23(25)26/h7,16-17,19,22-24H,2,8-10H2,1,3-6H3/t16-,17-,19+,22-,23+,24+,25-,26+/m0/s1. The van der Waals surface area contributed by atoms with E-state index in [1.54, 1.807) is 13.8 Å². The second-order valence-corrected chi connectivity index (χ2v) is 10.5.